The van der Waals surface area contributed by atoms with Crippen molar-refractivity contribution < 1.29 is 0 Å². The molecule has 1 aromatic heterocycles. The van der Waals surface area contributed by atoms with Gasteiger partial charge in [-0.05, 0) is 44.7 Å². The van der Waals surface area contributed by atoms with Crippen molar-refractivity contribution in [3.8, 4) is 0 Å². The summed E-state index contributed by atoms with van der Waals surface area (Å²) in [6.07, 6.45) is 2.01. The highest BCUT2D eigenvalue weighted by Crippen LogP contribution is 2.26. The third-order valence-electron chi connectivity index (χ3n) is 4.14. The summed E-state index contributed by atoms with van der Waals surface area (Å²) in [6.45, 7) is 12.5. The summed E-state index contributed by atoms with van der Waals surface area (Å²) in [7, 11) is 0. The molecule has 0 fully saturated rings. The zero-order valence-corrected chi connectivity index (χ0v) is 15.0. The smallest absolute Gasteiger partial charge is 0.227 e. The van der Waals surface area contributed by atoms with Crippen LogP contribution in [0.4, 0.5) is 17.5 Å². The molecule has 2 rings (SSSR count). The van der Waals surface area contributed by atoms with Gasteiger partial charge in [-0.25, -0.2) is 4.98 Å². The van der Waals surface area contributed by atoms with Crippen molar-refractivity contribution >= 4 is 17.5 Å². The summed E-state index contributed by atoms with van der Waals surface area (Å²) in [4.78, 5) is 11.5. The predicted octanol–water partition coefficient (Wildman–Crippen LogP) is 4.50. The molecule has 124 valence electrons. The normalized spacial score (nSPS) is 10.7. The Morgan fingerprint density at radius 1 is 0.957 bits per heavy atom. The molecule has 1 aromatic carbocycles. The lowest BCUT2D eigenvalue weighted by atomic mass is 10.0. The topological polar surface area (TPSA) is 41.1 Å². The monoisotopic (exact) mass is 312 g/mol. The minimum atomic E-state index is 0.796. The van der Waals surface area contributed by atoms with E-state index in [1.165, 1.54) is 16.8 Å². The van der Waals surface area contributed by atoms with E-state index in [2.05, 4.69) is 61.1 Å². The molecule has 4 heteroatoms. The molecule has 1 heterocycles. The van der Waals surface area contributed by atoms with Gasteiger partial charge in [0.05, 0.1) is 0 Å². The molecular weight excluding hydrogens is 284 g/mol. The first kappa shape index (κ1) is 17.3. The van der Waals surface area contributed by atoms with Gasteiger partial charge in [0.1, 0.15) is 5.82 Å². The van der Waals surface area contributed by atoms with Crippen LogP contribution in [0.25, 0.3) is 0 Å². The number of benzene rings is 1. The Labute approximate surface area is 140 Å². The van der Waals surface area contributed by atoms with Crippen LogP contribution in [0.2, 0.25) is 0 Å². The van der Waals surface area contributed by atoms with Crippen molar-refractivity contribution in [3.63, 3.8) is 0 Å². The Bertz CT molecular complexity index is 626. The minimum absolute atomic E-state index is 0.796. The molecule has 0 unspecified atom stereocenters. The average Bonchev–Trinajstić information content (AvgIpc) is 2.55. The highest BCUT2D eigenvalue weighted by atomic mass is 15.3. The van der Waals surface area contributed by atoms with Crippen molar-refractivity contribution in [2.24, 2.45) is 0 Å². The molecule has 0 amide bonds. The first-order chi connectivity index (χ1) is 11.1. The molecule has 1 N–H and O–H groups in total. The van der Waals surface area contributed by atoms with Crippen LogP contribution < -0.4 is 10.2 Å². The second kappa shape index (κ2) is 7.95. The number of nitrogens with zero attached hydrogens (tertiary/aromatic N) is 3. The maximum absolute atomic E-state index is 4.73. The van der Waals surface area contributed by atoms with Gasteiger partial charge in [0.25, 0.3) is 0 Å². The lowest BCUT2D eigenvalue weighted by Gasteiger charge is -2.20. The maximum atomic E-state index is 4.73. The van der Waals surface area contributed by atoms with E-state index in [1.807, 2.05) is 13.0 Å². The largest absolute Gasteiger partial charge is 0.341 e. The molecule has 23 heavy (non-hydrogen) atoms. The van der Waals surface area contributed by atoms with E-state index in [4.69, 9.17) is 4.98 Å². The lowest BCUT2D eigenvalue weighted by Crippen LogP contribution is -2.24. The predicted molar refractivity (Wildman–Crippen MR) is 98.8 cm³/mol. The van der Waals surface area contributed by atoms with E-state index >= 15 is 0 Å². The zero-order chi connectivity index (χ0) is 16.8. The number of aromatic nitrogens is 2. The molecule has 4 nitrogen and oxygen atoms in total. The summed E-state index contributed by atoms with van der Waals surface area (Å²) in [6, 6.07) is 8.51. The van der Waals surface area contributed by atoms with Crippen LogP contribution >= 0.6 is 0 Å². The van der Waals surface area contributed by atoms with E-state index in [0.29, 0.717) is 0 Å². The molecule has 0 spiro atoms. The quantitative estimate of drug-likeness (QED) is 0.817. The number of aryl methyl sites for hydroxylation is 3. The zero-order valence-electron chi connectivity index (χ0n) is 15.0. The summed E-state index contributed by atoms with van der Waals surface area (Å²) in [5, 5.41) is 3.55. The Balaban J connectivity index is 2.41. The van der Waals surface area contributed by atoms with Crippen molar-refractivity contribution in [1.29, 1.82) is 0 Å². The number of hydrogen-bond acceptors (Lipinski definition) is 4. The number of hydrogen-bond donors (Lipinski definition) is 1. The second-order valence-corrected chi connectivity index (χ2v) is 5.65. The number of anilines is 3. The molecule has 0 aliphatic heterocycles. The molecule has 0 aliphatic rings. The van der Waals surface area contributed by atoms with Gasteiger partial charge in [-0.1, -0.05) is 32.0 Å². The summed E-state index contributed by atoms with van der Waals surface area (Å²) in [5.41, 5.74) is 4.83. The molecule has 0 saturated heterocycles. The molecule has 0 bridgehead atoms. The molecule has 0 aliphatic carbocycles. The first-order valence-electron chi connectivity index (χ1n) is 8.61. The van der Waals surface area contributed by atoms with Gasteiger partial charge < -0.3 is 10.2 Å². The highest BCUT2D eigenvalue weighted by molar-refractivity contribution is 5.66. The van der Waals surface area contributed by atoms with Crippen LogP contribution in [0, 0.1) is 6.92 Å². The van der Waals surface area contributed by atoms with Crippen LogP contribution in [0.1, 0.15) is 44.5 Å². The Morgan fingerprint density at radius 2 is 1.57 bits per heavy atom. The van der Waals surface area contributed by atoms with Crippen molar-refractivity contribution in [3.05, 3.63) is 41.1 Å². The van der Waals surface area contributed by atoms with Crippen LogP contribution in [0.5, 0.6) is 0 Å². The SMILES string of the molecule is CCc1cccc(CC)c1Nc1cc(C)nc(N(CC)CC)n1. The summed E-state index contributed by atoms with van der Waals surface area (Å²) < 4.78 is 0. The van der Waals surface area contributed by atoms with Gasteiger partial charge in [-0.15, -0.1) is 0 Å². The summed E-state index contributed by atoms with van der Waals surface area (Å²) >= 11 is 0. The molecule has 0 radical (unpaired) electrons. The molecular formula is C19H28N4. The molecule has 0 saturated carbocycles. The first-order valence-corrected chi connectivity index (χ1v) is 8.61. The Kier molecular flexibility index (Phi) is 5.97. The van der Waals surface area contributed by atoms with Gasteiger partial charge in [-0.3, -0.25) is 0 Å². The third-order valence-corrected chi connectivity index (χ3v) is 4.14. The minimum Gasteiger partial charge on any atom is -0.341 e. The number of nitrogens with one attached hydrogen (secondary N) is 1. The molecule has 2 aromatic rings. The van der Waals surface area contributed by atoms with Gasteiger partial charge >= 0.3 is 0 Å². The van der Waals surface area contributed by atoms with E-state index in [-0.39, 0.29) is 0 Å². The van der Waals surface area contributed by atoms with Crippen LogP contribution in [0.15, 0.2) is 24.3 Å². The molecule has 0 atom stereocenters. The van der Waals surface area contributed by atoms with E-state index in [1.54, 1.807) is 0 Å². The number of para-hydroxylation sites is 1. The van der Waals surface area contributed by atoms with Crippen LogP contribution in [-0.2, 0) is 12.8 Å². The van der Waals surface area contributed by atoms with Gasteiger partial charge in [-0.2, -0.15) is 4.98 Å². The van der Waals surface area contributed by atoms with E-state index in [9.17, 15) is 0 Å². The standard InChI is InChI=1S/C19H28N4/c1-6-15-11-10-12-16(7-2)18(15)21-17-13-14(5)20-19(22-17)23(8-3)9-4/h10-13H,6-9H2,1-5H3,(H,20,21,22). The van der Waals surface area contributed by atoms with Crippen molar-refractivity contribution in [2.45, 2.75) is 47.5 Å². The summed E-state index contributed by atoms with van der Waals surface area (Å²) in [5.74, 6) is 1.67. The second-order valence-electron chi connectivity index (χ2n) is 5.65. The van der Waals surface area contributed by atoms with E-state index < -0.39 is 0 Å². The van der Waals surface area contributed by atoms with Gasteiger partial charge in [0, 0.05) is 30.5 Å². The third kappa shape index (κ3) is 4.01. The fourth-order valence-corrected chi connectivity index (χ4v) is 2.80. The van der Waals surface area contributed by atoms with Gasteiger partial charge in [0.15, 0.2) is 0 Å². The van der Waals surface area contributed by atoms with Crippen LogP contribution in [0.3, 0.4) is 0 Å². The van der Waals surface area contributed by atoms with Crippen molar-refractivity contribution in [2.75, 3.05) is 23.3 Å². The van der Waals surface area contributed by atoms with E-state index in [0.717, 1.165) is 43.4 Å². The average molecular weight is 312 g/mol. The number of rotatable bonds is 7. The Morgan fingerprint density at radius 3 is 2.09 bits per heavy atom. The fourth-order valence-electron chi connectivity index (χ4n) is 2.80. The van der Waals surface area contributed by atoms with Crippen LogP contribution in [-0.4, -0.2) is 23.1 Å². The highest BCUT2D eigenvalue weighted by Gasteiger charge is 2.11. The maximum Gasteiger partial charge on any atom is 0.227 e. The fraction of sp³-hybridized carbons (Fsp3) is 0.474. The van der Waals surface area contributed by atoms with Crippen molar-refractivity contribution in [1.82, 2.24) is 9.97 Å². The van der Waals surface area contributed by atoms with Gasteiger partial charge in [0.2, 0.25) is 5.95 Å². The lowest BCUT2D eigenvalue weighted by molar-refractivity contribution is 0.817. The Hall–Kier alpha value is -2.10.